The number of ether oxygens (including phenoxy) is 1. The summed E-state index contributed by atoms with van der Waals surface area (Å²) in [6.45, 7) is 4.03. The normalized spacial score (nSPS) is 16.7. The Hall–Kier alpha value is -2.32. The molecular weight excluding hydrogens is 402 g/mol. The number of carbonyl (C=O) groups excluding carboxylic acids is 2. The van der Waals surface area contributed by atoms with Crippen LogP contribution in [0.3, 0.4) is 0 Å². The molecular formula is C19H20ClN3O4S. The van der Waals surface area contributed by atoms with Gasteiger partial charge in [-0.1, -0.05) is 11.6 Å². The van der Waals surface area contributed by atoms with Crippen molar-refractivity contribution in [1.29, 1.82) is 0 Å². The lowest BCUT2D eigenvalue weighted by Crippen LogP contribution is -2.52. The van der Waals surface area contributed by atoms with Crippen molar-refractivity contribution in [3.8, 4) is 5.69 Å². The van der Waals surface area contributed by atoms with Gasteiger partial charge in [-0.05, 0) is 38.1 Å². The van der Waals surface area contributed by atoms with Crippen molar-refractivity contribution in [2.75, 3.05) is 24.7 Å². The quantitative estimate of drug-likeness (QED) is 0.704. The molecule has 1 aromatic heterocycles. The van der Waals surface area contributed by atoms with Crippen molar-refractivity contribution < 1.29 is 14.3 Å². The summed E-state index contributed by atoms with van der Waals surface area (Å²) in [6.07, 6.45) is 0. The molecule has 1 fully saturated rings. The van der Waals surface area contributed by atoms with Gasteiger partial charge in [0.1, 0.15) is 6.04 Å². The van der Waals surface area contributed by atoms with Gasteiger partial charge in [-0.15, -0.1) is 0 Å². The molecule has 0 unspecified atom stereocenters. The van der Waals surface area contributed by atoms with Gasteiger partial charge in [0.25, 0.3) is 5.91 Å². The van der Waals surface area contributed by atoms with E-state index in [2.05, 4.69) is 5.10 Å². The number of rotatable bonds is 4. The van der Waals surface area contributed by atoms with Crippen molar-refractivity contribution in [3.05, 3.63) is 57.0 Å². The number of nitrogens with zero attached hydrogens (tertiary/aromatic N) is 3. The lowest BCUT2D eigenvalue weighted by atomic mass is 10.2. The number of thioether (sulfide) groups is 1. The van der Waals surface area contributed by atoms with Gasteiger partial charge in [0.15, 0.2) is 5.69 Å². The molecule has 1 aliphatic rings. The molecule has 0 aliphatic carbocycles. The molecule has 1 saturated heterocycles. The Labute approximate surface area is 171 Å². The lowest BCUT2D eigenvalue weighted by Gasteiger charge is -2.33. The first-order valence-corrected chi connectivity index (χ1v) is 10.4. The molecule has 0 bridgehead atoms. The third-order valence-electron chi connectivity index (χ3n) is 4.33. The predicted octanol–water partition coefficient (Wildman–Crippen LogP) is 2.32. The minimum atomic E-state index is -0.724. The van der Waals surface area contributed by atoms with Crippen molar-refractivity contribution in [3.63, 3.8) is 0 Å². The number of hydrogen-bond acceptors (Lipinski definition) is 6. The third-order valence-corrected chi connectivity index (χ3v) is 5.60. The van der Waals surface area contributed by atoms with Gasteiger partial charge < -0.3 is 9.64 Å². The highest BCUT2D eigenvalue weighted by atomic mass is 35.5. The fourth-order valence-corrected chi connectivity index (χ4v) is 4.11. The van der Waals surface area contributed by atoms with E-state index in [0.29, 0.717) is 34.5 Å². The van der Waals surface area contributed by atoms with E-state index in [1.54, 1.807) is 49.9 Å². The van der Waals surface area contributed by atoms with Crippen LogP contribution in [0.25, 0.3) is 5.69 Å². The molecule has 0 saturated carbocycles. The second-order valence-corrected chi connectivity index (χ2v) is 7.81. The molecule has 3 rings (SSSR count). The predicted molar refractivity (Wildman–Crippen MR) is 108 cm³/mol. The number of aromatic nitrogens is 2. The number of carbonyl (C=O) groups is 2. The lowest BCUT2D eigenvalue weighted by molar-refractivity contribution is -0.147. The van der Waals surface area contributed by atoms with Crippen LogP contribution in [0.15, 0.2) is 35.1 Å². The Morgan fingerprint density at radius 1 is 1.32 bits per heavy atom. The maximum atomic E-state index is 13.1. The summed E-state index contributed by atoms with van der Waals surface area (Å²) in [7, 11) is 0. The fourth-order valence-electron chi connectivity index (χ4n) is 2.96. The molecule has 148 valence electrons. The first kappa shape index (κ1) is 20.4. The number of hydrogen-bond donors (Lipinski definition) is 0. The maximum Gasteiger partial charge on any atom is 0.329 e. The van der Waals surface area contributed by atoms with Crippen LogP contribution in [0.1, 0.15) is 23.1 Å². The van der Waals surface area contributed by atoms with Gasteiger partial charge in [-0.25, -0.2) is 9.48 Å². The van der Waals surface area contributed by atoms with E-state index in [1.165, 1.54) is 15.6 Å². The van der Waals surface area contributed by atoms with Crippen LogP contribution in [-0.2, 0) is 9.53 Å². The Morgan fingerprint density at radius 3 is 2.71 bits per heavy atom. The van der Waals surface area contributed by atoms with E-state index >= 15 is 0 Å². The van der Waals surface area contributed by atoms with E-state index in [9.17, 15) is 14.4 Å². The van der Waals surface area contributed by atoms with Gasteiger partial charge >= 0.3 is 5.97 Å². The van der Waals surface area contributed by atoms with Crippen LogP contribution >= 0.6 is 23.4 Å². The molecule has 1 aromatic carbocycles. The monoisotopic (exact) mass is 421 g/mol. The van der Waals surface area contributed by atoms with Crippen LogP contribution in [0, 0.1) is 6.92 Å². The zero-order chi connectivity index (χ0) is 20.3. The number of halogens is 1. The highest BCUT2D eigenvalue weighted by Gasteiger charge is 2.35. The molecule has 28 heavy (non-hydrogen) atoms. The van der Waals surface area contributed by atoms with Crippen LogP contribution in [0.5, 0.6) is 0 Å². The van der Waals surface area contributed by atoms with Crippen molar-refractivity contribution >= 4 is 35.2 Å². The summed E-state index contributed by atoms with van der Waals surface area (Å²) >= 11 is 7.50. The average molecular weight is 422 g/mol. The van der Waals surface area contributed by atoms with E-state index in [1.807, 2.05) is 0 Å². The molecule has 0 N–H and O–H groups in total. The number of benzene rings is 1. The summed E-state index contributed by atoms with van der Waals surface area (Å²) in [5.41, 5.74) is 0.558. The van der Waals surface area contributed by atoms with Crippen LogP contribution in [-0.4, -0.2) is 57.3 Å². The molecule has 2 heterocycles. The first-order chi connectivity index (χ1) is 13.4. The summed E-state index contributed by atoms with van der Waals surface area (Å²) in [6, 6.07) is 7.55. The second-order valence-electron chi connectivity index (χ2n) is 6.23. The summed E-state index contributed by atoms with van der Waals surface area (Å²) in [5, 5.41) is 4.87. The topological polar surface area (TPSA) is 81.5 Å². The van der Waals surface area contributed by atoms with Gasteiger partial charge in [0, 0.05) is 34.8 Å². The Kier molecular flexibility index (Phi) is 6.41. The first-order valence-electron chi connectivity index (χ1n) is 8.84. The van der Waals surface area contributed by atoms with Gasteiger partial charge in [0.2, 0.25) is 5.43 Å². The number of esters is 1. The van der Waals surface area contributed by atoms with E-state index in [4.69, 9.17) is 16.3 Å². The molecule has 0 spiro atoms. The van der Waals surface area contributed by atoms with Gasteiger partial charge in [-0.3, -0.25) is 9.59 Å². The van der Waals surface area contributed by atoms with E-state index in [0.717, 1.165) is 0 Å². The molecule has 2 aromatic rings. The molecule has 9 heteroatoms. The highest BCUT2D eigenvalue weighted by Crippen LogP contribution is 2.20. The van der Waals surface area contributed by atoms with Gasteiger partial charge in [0.05, 0.1) is 12.3 Å². The van der Waals surface area contributed by atoms with Crippen molar-refractivity contribution in [1.82, 2.24) is 14.7 Å². The minimum Gasteiger partial charge on any atom is -0.464 e. The third kappa shape index (κ3) is 4.23. The Morgan fingerprint density at radius 2 is 2.04 bits per heavy atom. The zero-order valence-corrected chi connectivity index (χ0v) is 17.1. The van der Waals surface area contributed by atoms with Crippen molar-refractivity contribution in [2.45, 2.75) is 19.9 Å². The van der Waals surface area contributed by atoms with Crippen LogP contribution in [0.4, 0.5) is 0 Å². The van der Waals surface area contributed by atoms with Crippen LogP contribution in [0.2, 0.25) is 5.02 Å². The summed E-state index contributed by atoms with van der Waals surface area (Å²) in [5.74, 6) is 0.0833. The fraction of sp³-hybridized carbons (Fsp3) is 0.368. The summed E-state index contributed by atoms with van der Waals surface area (Å²) in [4.78, 5) is 39.2. The van der Waals surface area contributed by atoms with Crippen LogP contribution < -0.4 is 5.43 Å². The molecule has 1 aliphatic heterocycles. The molecule has 1 atom stereocenters. The zero-order valence-electron chi connectivity index (χ0n) is 15.6. The average Bonchev–Trinajstić information content (AvgIpc) is 2.69. The highest BCUT2D eigenvalue weighted by molar-refractivity contribution is 7.99. The van der Waals surface area contributed by atoms with Gasteiger partial charge in [-0.2, -0.15) is 16.9 Å². The molecule has 1 amide bonds. The van der Waals surface area contributed by atoms with Crippen molar-refractivity contribution in [2.24, 2.45) is 0 Å². The summed E-state index contributed by atoms with van der Waals surface area (Å²) < 4.78 is 6.61. The maximum absolute atomic E-state index is 13.1. The standard InChI is InChI=1S/C19H20ClN3O4S/c1-3-27-19(26)15-11-28-9-8-22(15)18(25)17-16(24)10-12(2)23(21-17)14-6-4-13(20)5-7-14/h4-7,10,15H,3,8-9,11H2,1-2H3/t15-/m1/s1. The molecule has 0 radical (unpaired) electrons. The number of amides is 1. The van der Waals surface area contributed by atoms with E-state index < -0.39 is 23.3 Å². The Bertz CT molecular complexity index is 945. The molecule has 7 nitrogen and oxygen atoms in total. The number of aryl methyl sites for hydroxylation is 1. The largest absolute Gasteiger partial charge is 0.464 e. The Balaban J connectivity index is 1.98. The SMILES string of the molecule is CCOC(=O)[C@H]1CSCCN1C(=O)c1nn(-c2ccc(Cl)cc2)c(C)cc1=O. The van der Waals surface area contributed by atoms with E-state index in [-0.39, 0.29) is 12.3 Å². The second kappa shape index (κ2) is 8.79. The smallest absolute Gasteiger partial charge is 0.329 e. The minimum absolute atomic E-state index is 0.221.